The van der Waals surface area contributed by atoms with Crippen LogP contribution in [0.5, 0.6) is 0 Å². The van der Waals surface area contributed by atoms with Gasteiger partial charge in [-0.05, 0) is 58.1 Å². The van der Waals surface area contributed by atoms with Crippen LogP contribution in [-0.4, -0.2) is 24.2 Å². The minimum Gasteiger partial charge on any atom is -0.399 e. The van der Waals surface area contributed by atoms with Crippen LogP contribution in [0.4, 0.5) is 18.9 Å². The maximum atomic E-state index is 13.6. The minimum atomic E-state index is -4.59. The van der Waals surface area contributed by atoms with Gasteiger partial charge in [-0.15, -0.1) is 0 Å². The van der Waals surface area contributed by atoms with E-state index in [-0.39, 0.29) is 23.0 Å². The second-order valence-corrected chi connectivity index (χ2v) is 8.01. The van der Waals surface area contributed by atoms with Gasteiger partial charge < -0.3 is 14.6 Å². The van der Waals surface area contributed by atoms with Gasteiger partial charge in [0, 0.05) is 11.6 Å². The Morgan fingerprint density at radius 2 is 1.73 bits per heavy atom. The first-order chi connectivity index (χ1) is 11.9. The van der Waals surface area contributed by atoms with Crippen LogP contribution in [0.1, 0.15) is 52.5 Å². The minimum absolute atomic E-state index is 0.0854. The molecule has 3 rings (SSSR count). The summed E-state index contributed by atoms with van der Waals surface area (Å²) >= 11 is 0. The van der Waals surface area contributed by atoms with Gasteiger partial charge in [0.25, 0.3) is 0 Å². The van der Waals surface area contributed by atoms with Gasteiger partial charge in [0.15, 0.2) is 0 Å². The van der Waals surface area contributed by atoms with Gasteiger partial charge in [-0.2, -0.15) is 13.2 Å². The van der Waals surface area contributed by atoms with E-state index in [1.807, 2.05) is 0 Å². The molecule has 4 nitrogen and oxygen atoms in total. The lowest BCUT2D eigenvalue weighted by Gasteiger charge is -2.32. The monoisotopic (exact) mass is 369 g/mol. The first-order valence-corrected chi connectivity index (χ1v) is 8.78. The number of hydrogen-bond acceptors (Lipinski definition) is 3. The number of nitrogens with one attached hydrogen (secondary N) is 1. The zero-order valence-corrected chi connectivity index (χ0v) is 15.4. The highest BCUT2D eigenvalue weighted by atomic mass is 19.4. The number of amides is 1. The second kappa shape index (κ2) is 6.27. The number of rotatable bonds is 3. The van der Waals surface area contributed by atoms with Crippen molar-refractivity contribution in [2.45, 2.75) is 64.3 Å². The molecule has 26 heavy (non-hydrogen) atoms. The second-order valence-electron chi connectivity index (χ2n) is 8.01. The van der Waals surface area contributed by atoms with E-state index < -0.39 is 30.1 Å². The van der Waals surface area contributed by atoms with E-state index in [2.05, 4.69) is 5.32 Å². The fourth-order valence-electron chi connectivity index (χ4n) is 2.97. The molecule has 1 saturated heterocycles. The van der Waals surface area contributed by atoms with E-state index >= 15 is 0 Å². The van der Waals surface area contributed by atoms with Gasteiger partial charge in [0.2, 0.25) is 5.91 Å². The molecule has 0 aromatic heterocycles. The molecule has 2 aliphatic rings. The molecule has 1 N–H and O–H groups in total. The predicted molar refractivity (Wildman–Crippen MR) is 93.1 cm³/mol. The van der Waals surface area contributed by atoms with Crippen molar-refractivity contribution in [3.05, 3.63) is 23.8 Å². The molecule has 1 aromatic rings. The van der Waals surface area contributed by atoms with Crippen molar-refractivity contribution < 1.29 is 27.3 Å². The number of carbonyl (C=O) groups is 1. The maximum Gasteiger partial charge on any atom is 0.495 e. The molecule has 1 heterocycles. The molecule has 0 bridgehead atoms. The quantitative estimate of drug-likeness (QED) is 0.826. The molecule has 1 aromatic carbocycles. The highest BCUT2D eigenvalue weighted by molar-refractivity contribution is 6.62. The number of carbonyl (C=O) groups excluding carboxylic acids is 1. The van der Waals surface area contributed by atoms with Gasteiger partial charge in [0.05, 0.1) is 16.8 Å². The summed E-state index contributed by atoms with van der Waals surface area (Å²) in [5.41, 5.74) is -2.29. The van der Waals surface area contributed by atoms with Crippen LogP contribution >= 0.6 is 0 Å². The summed E-state index contributed by atoms with van der Waals surface area (Å²) in [6.07, 6.45) is -2.04. The lowest BCUT2D eigenvalue weighted by atomic mass is 9.75. The van der Waals surface area contributed by atoms with E-state index in [1.165, 1.54) is 12.1 Å². The Bertz CT molecular complexity index is 698. The van der Waals surface area contributed by atoms with E-state index in [9.17, 15) is 18.0 Å². The van der Waals surface area contributed by atoms with Crippen molar-refractivity contribution in [2.24, 2.45) is 5.92 Å². The van der Waals surface area contributed by atoms with Crippen LogP contribution in [0.3, 0.4) is 0 Å². The normalized spacial score (nSPS) is 22.2. The fourth-order valence-corrected chi connectivity index (χ4v) is 2.97. The number of anilines is 1. The number of alkyl halides is 3. The van der Waals surface area contributed by atoms with Crippen LogP contribution in [0.25, 0.3) is 0 Å². The van der Waals surface area contributed by atoms with Crippen molar-refractivity contribution in [3.63, 3.8) is 0 Å². The van der Waals surface area contributed by atoms with Gasteiger partial charge in [-0.1, -0.05) is 12.5 Å². The lowest BCUT2D eigenvalue weighted by molar-refractivity contribution is -0.137. The zero-order chi connectivity index (χ0) is 19.3. The summed E-state index contributed by atoms with van der Waals surface area (Å²) in [6, 6.07) is 3.74. The standard InChI is InChI=1S/C18H23BF3NO3/c1-16(2)17(3,4)26-19(25-16)14-9-8-12(10-13(14)18(20,21)22)23-15(24)11-6-5-7-11/h8-11H,5-7H2,1-4H3,(H,23,24). The van der Waals surface area contributed by atoms with Gasteiger partial charge in [0.1, 0.15) is 0 Å². The number of hydrogen-bond donors (Lipinski definition) is 1. The summed E-state index contributed by atoms with van der Waals surface area (Å²) in [6.45, 7) is 7.14. The van der Waals surface area contributed by atoms with Crippen LogP contribution in [0.2, 0.25) is 0 Å². The van der Waals surface area contributed by atoms with Crippen molar-refractivity contribution in [1.29, 1.82) is 0 Å². The van der Waals surface area contributed by atoms with E-state index in [1.54, 1.807) is 27.7 Å². The van der Waals surface area contributed by atoms with Crippen molar-refractivity contribution in [2.75, 3.05) is 5.32 Å². The Kier molecular flexibility index (Phi) is 4.64. The van der Waals surface area contributed by atoms with Crippen LogP contribution in [0.15, 0.2) is 18.2 Å². The first kappa shape index (κ1) is 19.2. The SMILES string of the molecule is CC1(C)OB(c2ccc(NC(=O)C3CCC3)cc2C(F)(F)F)OC1(C)C. The third kappa shape index (κ3) is 3.49. The third-order valence-corrected chi connectivity index (χ3v) is 5.61. The molecule has 1 saturated carbocycles. The Labute approximate surface area is 151 Å². The number of halogens is 3. The highest BCUT2D eigenvalue weighted by Crippen LogP contribution is 2.38. The molecular weight excluding hydrogens is 346 g/mol. The van der Waals surface area contributed by atoms with Crippen LogP contribution < -0.4 is 10.8 Å². The van der Waals surface area contributed by atoms with Crippen LogP contribution in [-0.2, 0) is 20.3 Å². The smallest absolute Gasteiger partial charge is 0.399 e. The summed E-state index contributed by atoms with van der Waals surface area (Å²) in [5, 5.41) is 2.59. The van der Waals surface area contributed by atoms with Crippen molar-refractivity contribution in [1.82, 2.24) is 0 Å². The molecule has 0 spiro atoms. The van der Waals surface area contributed by atoms with Crippen LogP contribution in [0, 0.1) is 5.92 Å². The summed E-state index contributed by atoms with van der Waals surface area (Å²) in [7, 11) is -1.12. The maximum absolute atomic E-state index is 13.6. The molecule has 8 heteroatoms. The first-order valence-electron chi connectivity index (χ1n) is 8.78. The summed E-state index contributed by atoms with van der Waals surface area (Å²) in [5.74, 6) is -0.333. The Morgan fingerprint density at radius 3 is 2.19 bits per heavy atom. The predicted octanol–water partition coefficient (Wildman–Crippen LogP) is 3.74. The third-order valence-electron chi connectivity index (χ3n) is 5.61. The van der Waals surface area contributed by atoms with Crippen molar-refractivity contribution >= 4 is 24.2 Å². The lowest BCUT2D eigenvalue weighted by Crippen LogP contribution is -2.41. The average Bonchev–Trinajstić information content (AvgIpc) is 2.64. The Balaban J connectivity index is 1.90. The summed E-state index contributed by atoms with van der Waals surface area (Å²) < 4.78 is 52.4. The summed E-state index contributed by atoms with van der Waals surface area (Å²) in [4.78, 5) is 12.0. The number of benzene rings is 1. The highest BCUT2D eigenvalue weighted by Gasteiger charge is 2.53. The van der Waals surface area contributed by atoms with E-state index in [0.29, 0.717) is 0 Å². The topological polar surface area (TPSA) is 47.6 Å². The van der Waals surface area contributed by atoms with Gasteiger partial charge >= 0.3 is 13.3 Å². The van der Waals surface area contributed by atoms with Gasteiger partial charge in [-0.3, -0.25) is 4.79 Å². The van der Waals surface area contributed by atoms with Crippen molar-refractivity contribution in [3.8, 4) is 0 Å². The van der Waals surface area contributed by atoms with E-state index in [4.69, 9.17) is 9.31 Å². The Morgan fingerprint density at radius 1 is 1.15 bits per heavy atom. The zero-order valence-electron chi connectivity index (χ0n) is 15.4. The molecule has 0 atom stereocenters. The molecule has 1 aliphatic carbocycles. The molecule has 142 valence electrons. The fraction of sp³-hybridized carbons (Fsp3) is 0.611. The molecule has 0 unspecified atom stereocenters. The Hall–Kier alpha value is -1.54. The largest absolute Gasteiger partial charge is 0.495 e. The molecular formula is C18H23BF3NO3. The molecule has 1 amide bonds. The molecule has 2 fully saturated rings. The molecule has 0 radical (unpaired) electrons. The molecule has 1 aliphatic heterocycles. The van der Waals surface area contributed by atoms with Gasteiger partial charge in [-0.25, -0.2) is 0 Å². The van der Waals surface area contributed by atoms with E-state index in [0.717, 1.165) is 25.3 Å². The average molecular weight is 369 g/mol.